The van der Waals surface area contributed by atoms with Gasteiger partial charge in [0.15, 0.2) is 0 Å². The molecule has 2 aromatic carbocycles. The van der Waals surface area contributed by atoms with Gasteiger partial charge in [0.2, 0.25) is 5.91 Å². The van der Waals surface area contributed by atoms with E-state index >= 15 is 0 Å². The molecule has 0 bridgehead atoms. The second-order valence-electron chi connectivity index (χ2n) is 5.83. The quantitative estimate of drug-likeness (QED) is 0.725. The monoisotopic (exact) mass is 350 g/mol. The van der Waals surface area contributed by atoms with Crippen molar-refractivity contribution in [2.24, 2.45) is 0 Å². The van der Waals surface area contributed by atoms with Crippen molar-refractivity contribution in [3.05, 3.63) is 76.3 Å². The number of fused-ring (bicyclic) bond motifs is 1. The maximum absolute atomic E-state index is 12.2. The number of nitrogens with zero attached hydrogens (tertiary/aromatic N) is 2. The zero-order chi connectivity index (χ0) is 18.5. The topological polar surface area (TPSA) is 95.2 Å². The van der Waals surface area contributed by atoms with Gasteiger partial charge in [-0.15, -0.1) is 0 Å². The highest BCUT2D eigenvalue weighted by atomic mass is 16.2. The number of nitrogens with one attached hydrogen (secondary N) is 2. The van der Waals surface area contributed by atoms with Crippen LogP contribution in [-0.4, -0.2) is 40.3 Å². The molecule has 1 heterocycles. The molecule has 2 N–H and O–H groups in total. The van der Waals surface area contributed by atoms with Crippen LogP contribution in [0.1, 0.15) is 16.2 Å². The van der Waals surface area contributed by atoms with Crippen LogP contribution in [0.4, 0.5) is 0 Å². The average Bonchev–Trinajstić information content (AvgIpc) is 2.66. The predicted molar refractivity (Wildman–Crippen MR) is 97.6 cm³/mol. The fraction of sp³-hybridized carbons (Fsp3) is 0.158. The molecule has 0 aliphatic heterocycles. The lowest BCUT2D eigenvalue weighted by Crippen LogP contribution is -2.38. The van der Waals surface area contributed by atoms with Crippen LogP contribution in [0.2, 0.25) is 0 Å². The fourth-order valence-corrected chi connectivity index (χ4v) is 2.51. The number of aromatic nitrogens is 2. The first kappa shape index (κ1) is 17.3. The lowest BCUT2D eigenvalue weighted by atomic mass is 10.2. The van der Waals surface area contributed by atoms with E-state index in [4.69, 9.17) is 0 Å². The van der Waals surface area contributed by atoms with Crippen molar-refractivity contribution in [3.8, 4) is 0 Å². The molecule has 7 heteroatoms. The van der Waals surface area contributed by atoms with Crippen molar-refractivity contribution >= 4 is 22.7 Å². The number of rotatable bonds is 5. The highest BCUT2D eigenvalue weighted by molar-refractivity contribution is 5.96. The third-order valence-electron chi connectivity index (χ3n) is 3.91. The largest absolute Gasteiger partial charge is 0.343 e. The van der Waals surface area contributed by atoms with Crippen LogP contribution in [0.25, 0.3) is 10.9 Å². The van der Waals surface area contributed by atoms with E-state index in [-0.39, 0.29) is 30.5 Å². The first-order valence-corrected chi connectivity index (χ1v) is 8.10. The normalized spacial score (nSPS) is 10.5. The molecule has 0 saturated heterocycles. The van der Waals surface area contributed by atoms with Crippen molar-refractivity contribution < 1.29 is 9.59 Å². The molecule has 0 unspecified atom stereocenters. The van der Waals surface area contributed by atoms with Gasteiger partial charge in [0, 0.05) is 12.6 Å². The minimum atomic E-state index is -0.315. The highest BCUT2D eigenvalue weighted by Crippen LogP contribution is 2.06. The smallest absolute Gasteiger partial charge is 0.258 e. The number of hydrogen-bond acceptors (Lipinski definition) is 4. The van der Waals surface area contributed by atoms with Crippen LogP contribution in [0.5, 0.6) is 0 Å². The molecule has 0 atom stereocenters. The molecule has 0 radical (unpaired) electrons. The highest BCUT2D eigenvalue weighted by Gasteiger charge is 2.13. The number of para-hydroxylation sites is 1. The first-order valence-electron chi connectivity index (χ1n) is 8.10. The zero-order valence-electron chi connectivity index (χ0n) is 14.2. The van der Waals surface area contributed by atoms with Crippen molar-refractivity contribution in [2.45, 2.75) is 6.54 Å². The molecule has 1 aromatic heterocycles. The van der Waals surface area contributed by atoms with Gasteiger partial charge in [-0.1, -0.05) is 30.3 Å². The molecule has 3 aromatic rings. The van der Waals surface area contributed by atoms with Gasteiger partial charge in [0.05, 0.1) is 24.0 Å². The van der Waals surface area contributed by atoms with Crippen LogP contribution in [-0.2, 0) is 11.3 Å². The minimum absolute atomic E-state index is 0.137. The van der Waals surface area contributed by atoms with Gasteiger partial charge in [-0.3, -0.25) is 14.4 Å². The Morgan fingerprint density at radius 2 is 1.77 bits per heavy atom. The molecule has 0 fully saturated rings. The Kier molecular flexibility index (Phi) is 5.07. The first-order chi connectivity index (χ1) is 12.5. The van der Waals surface area contributed by atoms with Crippen molar-refractivity contribution in [2.75, 3.05) is 13.6 Å². The molecule has 3 rings (SSSR count). The lowest BCUT2D eigenvalue weighted by Gasteiger charge is -2.17. The maximum Gasteiger partial charge on any atom is 0.258 e. The van der Waals surface area contributed by atoms with Crippen molar-refractivity contribution in [1.29, 1.82) is 0 Å². The summed E-state index contributed by atoms with van der Waals surface area (Å²) < 4.78 is 0. The number of aromatic amines is 1. The van der Waals surface area contributed by atoms with Crippen LogP contribution >= 0.6 is 0 Å². The van der Waals surface area contributed by atoms with Gasteiger partial charge < -0.3 is 15.2 Å². The zero-order valence-corrected chi connectivity index (χ0v) is 14.2. The van der Waals surface area contributed by atoms with E-state index in [1.54, 1.807) is 55.6 Å². The SMILES string of the molecule is CN(Cc1nc2ccccc2c(=O)[nH]1)C(=O)CNC(=O)c1ccccc1. The molecule has 0 aliphatic carbocycles. The summed E-state index contributed by atoms with van der Waals surface area (Å²) >= 11 is 0. The molecule has 2 amide bonds. The summed E-state index contributed by atoms with van der Waals surface area (Å²) in [6, 6.07) is 15.7. The predicted octanol–water partition coefficient (Wildman–Crippen LogP) is 1.31. The summed E-state index contributed by atoms with van der Waals surface area (Å²) in [5.74, 6) is -0.214. The maximum atomic E-state index is 12.2. The molecule has 7 nitrogen and oxygen atoms in total. The van der Waals surface area contributed by atoms with Crippen LogP contribution in [0.15, 0.2) is 59.4 Å². The number of hydrogen-bond donors (Lipinski definition) is 2. The van der Waals surface area contributed by atoms with E-state index in [2.05, 4.69) is 15.3 Å². The molecular formula is C19H18N4O3. The number of benzene rings is 2. The molecule has 0 spiro atoms. The Hall–Kier alpha value is -3.48. The average molecular weight is 350 g/mol. The van der Waals surface area contributed by atoms with Gasteiger partial charge in [-0.25, -0.2) is 4.98 Å². The Balaban J connectivity index is 1.62. The molecule has 26 heavy (non-hydrogen) atoms. The molecule has 132 valence electrons. The van der Waals surface area contributed by atoms with E-state index in [0.29, 0.717) is 22.3 Å². The summed E-state index contributed by atoms with van der Waals surface area (Å²) in [5.41, 5.74) is 0.816. The van der Waals surface area contributed by atoms with Crippen LogP contribution in [0, 0.1) is 0 Å². The van der Waals surface area contributed by atoms with E-state index in [1.807, 2.05) is 6.07 Å². The molecule has 0 aliphatic rings. The van der Waals surface area contributed by atoms with E-state index in [0.717, 1.165) is 0 Å². The number of H-pyrrole nitrogens is 1. The Bertz CT molecular complexity index is 998. The standard InChI is InChI=1S/C19H18N4O3/c1-23(17(24)11-20-18(25)13-7-3-2-4-8-13)12-16-21-15-10-6-5-9-14(15)19(26)22-16/h2-10H,11-12H2,1H3,(H,20,25)(H,21,22,26). The number of likely N-dealkylation sites (N-methyl/N-ethyl adjacent to an activating group) is 1. The van der Waals surface area contributed by atoms with Crippen molar-refractivity contribution in [3.63, 3.8) is 0 Å². The lowest BCUT2D eigenvalue weighted by molar-refractivity contribution is -0.129. The summed E-state index contributed by atoms with van der Waals surface area (Å²) in [5, 5.41) is 3.08. The summed E-state index contributed by atoms with van der Waals surface area (Å²) in [7, 11) is 1.59. The van der Waals surface area contributed by atoms with Gasteiger partial charge in [0.1, 0.15) is 5.82 Å². The van der Waals surface area contributed by atoms with Crippen molar-refractivity contribution in [1.82, 2.24) is 20.2 Å². The summed E-state index contributed by atoms with van der Waals surface area (Å²) in [4.78, 5) is 44.7. The molecular weight excluding hydrogens is 332 g/mol. The van der Waals surface area contributed by atoms with Gasteiger partial charge in [-0.2, -0.15) is 0 Å². The Morgan fingerprint density at radius 1 is 1.08 bits per heavy atom. The Labute approximate surface area is 149 Å². The molecule has 0 saturated carbocycles. The summed E-state index contributed by atoms with van der Waals surface area (Å²) in [6.45, 7) is 0.00214. The number of carbonyl (C=O) groups is 2. The Morgan fingerprint density at radius 3 is 2.54 bits per heavy atom. The van der Waals surface area contributed by atoms with Gasteiger partial charge in [0.25, 0.3) is 11.5 Å². The van der Waals surface area contributed by atoms with E-state index in [9.17, 15) is 14.4 Å². The van der Waals surface area contributed by atoms with E-state index < -0.39 is 0 Å². The van der Waals surface area contributed by atoms with Gasteiger partial charge in [-0.05, 0) is 24.3 Å². The number of amides is 2. The third-order valence-corrected chi connectivity index (χ3v) is 3.91. The third kappa shape index (κ3) is 3.94. The van der Waals surface area contributed by atoms with Crippen LogP contribution in [0.3, 0.4) is 0 Å². The van der Waals surface area contributed by atoms with Crippen LogP contribution < -0.4 is 10.9 Å². The van der Waals surface area contributed by atoms with E-state index in [1.165, 1.54) is 4.90 Å². The fourth-order valence-electron chi connectivity index (χ4n) is 2.51. The second-order valence-corrected chi connectivity index (χ2v) is 5.83. The number of carbonyl (C=O) groups excluding carboxylic acids is 2. The minimum Gasteiger partial charge on any atom is -0.343 e. The van der Waals surface area contributed by atoms with Gasteiger partial charge >= 0.3 is 0 Å². The second kappa shape index (κ2) is 7.60. The summed E-state index contributed by atoms with van der Waals surface area (Å²) in [6.07, 6.45) is 0.